The number of amides is 1. The molecule has 0 saturated heterocycles. The number of nitrogens with zero attached hydrogens (tertiary/aromatic N) is 3. The third-order valence-corrected chi connectivity index (χ3v) is 3.18. The van der Waals surface area contributed by atoms with Gasteiger partial charge in [0.15, 0.2) is 0 Å². The molecule has 106 valence electrons. The van der Waals surface area contributed by atoms with Crippen molar-refractivity contribution in [1.29, 1.82) is 0 Å². The summed E-state index contributed by atoms with van der Waals surface area (Å²) in [5, 5.41) is 4.05. The predicted octanol–water partition coefficient (Wildman–Crippen LogP) is 1.41. The minimum absolute atomic E-state index is 0.0118. The first-order valence-electron chi connectivity index (χ1n) is 6.73. The molecule has 2 N–H and O–H groups in total. The fraction of sp³-hybridized carbons (Fsp3) is 0.333. The smallest absolute Gasteiger partial charge is 0.272 e. The van der Waals surface area contributed by atoms with Crippen LogP contribution >= 0.6 is 0 Å². The molecule has 0 aliphatic carbocycles. The number of hydrogen-bond acceptors (Lipinski definition) is 3. The molecule has 0 radical (unpaired) electrons. The number of hydrogen-bond donors (Lipinski definition) is 1. The summed E-state index contributed by atoms with van der Waals surface area (Å²) in [4.78, 5) is 14.4. The standard InChI is InChI=1S/C15H20N4O/c1-18-14(8-10-17-18)15(20)19(11-5-9-16)12-13-6-3-2-4-7-13/h2-4,6-8,10H,5,9,11-12,16H2,1H3. The van der Waals surface area contributed by atoms with Crippen LogP contribution in [0.4, 0.5) is 0 Å². The molecule has 1 aromatic carbocycles. The number of carbonyl (C=O) groups excluding carboxylic acids is 1. The third-order valence-electron chi connectivity index (χ3n) is 3.18. The number of aromatic nitrogens is 2. The molecule has 0 bridgehead atoms. The van der Waals surface area contributed by atoms with E-state index in [-0.39, 0.29) is 5.91 Å². The molecular weight excluding hydrogens is 252 g/mol. The first-order valence-corrected chi connectivity index (χ1v) is 6.73. The minimum Gasteiger partial charge on any atom is -0.333 e. The summed E-state index contributed by atoms with van der Waals surface area (Å²) in [6.07, 6.45) is 2.42. The summed E-state index contributed by atoms with van der Waals surface area (Å²) in [7, 11) is 1.77. The zero-order chi connectivity index (χ0) is 14.4. The molecule has 0 unspecified atom stereocenters. The van der Waals surface area contributed by atoms with E-state index in [9.17, 15) is 4.79 Å². The summed E-state index contributed by atoms with van der Waals surface area (Å²) in [5.41, 5.74) is 7.27. The van der Waals surface area contributed by atoms with Gasteiger partial charge < -0.3 is 10.6 Å². The lowest BCUT2D eigenvalue weighted by atomic mass is 10.2. The zero-order valence-electron chi connectivity index (χ0n) is 11.7. The molecule has 2 rings (SSSR count). The largest absolute Gasteiger partial charge is 0.333 e. The van der Waals surface area contributed by atoms with Crippen LogP contribution in [0.1, 0.15) is 22.5 Å². The molecular formula is C15H20N4O. The monoisotopic (exact) mass is 272 g/mol. The second kappa shape index (κ2) is 6.86. The number of benzene rings is 1. The Hall–Kier alpha value is -2.14. The van der Waals surface area contributed by atoms with Crippen molar-refractivity contribution < 1.29 is 4.79 Å². The maximum atomic E-state index is 12.6. The molecule has 1 aromatic heterocycles. The third kappa shape index (κ3) is 3.45. The Bertz CT molecular complexity index is 550. The topological polar surface area (TPSA) is 64.2 Å². The van der Waals surface area contributed by atoms with Crippen molar-refractivity contribution in [3.63, 3.8) is 0 Å². The maximum Gasteiger partial charge on any atom is 0.272 e. The highest BCUT2D eigenvalue weighted by Crippen LogP contribution is 2.10. The van der Waals surface area contributed by atoms with Gasteiger partial charge in [-0.1, -0.05) is 30.3 Å². The van der Waals surface area contributed by atoms with Crippen molar-refractivity contribution in [1.82, 2.24) is 14.7 Å². The van der Waals surface area contributed by atoms with Crippen molar-refractivity contribution in [2.24, 2.45) is 12.8 Å². The minimum atomic E-state index is -0.0118. The fourth-order valence-electron chi connectivity index (χ4n) is 2.08. The fourth-order valence-corrected chi connectivity index (χ4v) is 2.08. The van der Waals surface area contributed by atoms with E-state index in [1.165, 1.54) is 0 Å². The Labute approximate surface area is 119 Å². The van der Waals surface area contributed by atoms with Gasteiger partial charge in [-0.3, -0.25) is 9.48 Å². The first-order chi connectivity index (χ1) is 9.72. The highest BCUT2D eigenvalue weighted by molar-refractivity contribution is 5.92. The molecule has 0 fully saturated rings. The van der Waals surface area contributed by atoms with Gasteiger partial charge in [-0.15, -0.1) is 0 Å². The molecule has 1 amide bonds. The Morgan fingerprint density at radius 3 is 2.65 bits per heavy atom. The van der Waals surface area contributed by atoms with Crippen LogP contribution in [-0.4, -0.2) is 33.7 Å². The highest BCUT2D eigenvalue weighted by Gasteiger charge is 2.18. The van der Waals surface area contributed by atoms with Gasteiger partial charge in [-0.2, -0.15) is 5.10 Å². The molecule has 2 aromatic rings. The number of carbonyl (C=O) groups is 1. The Morgan fingerprint density at radius 2 is 2.05 bits per heavy atom. The Morgan fingerprint density at radius 1 is 1.30 bits per heavy atom. The molecule has 5 heteroatoms. The van der Waals surface area contributed by atoms with Crippen molar-refractivity contribution >= 4 is 5.91 Å². The van der Waals surface area contributed by atoms with Crippen molar-refractivity contribution in [3.05, 3.63) is 53.9 Å². The van der Waals surface area contributed by atoms with Gasteiger partial charge in [0.25, 0.3) is 5.91 Å². The van der Waals surface area contributed by atoms with Gasteiger partial charge in [0.2, 0.25) is 0 Å². The van der Waals surface area contributed by atoms with Crippen LogP contribution in [0, 0.1) is 0 Å². The van der Waals surface area contributed by atoms with Gasteiger partial charge >= 0.3 is 0 Å². The molecule has 0 aliphatic rings. The Balaban J connectivity index is 2.15. The van der Waals surface area contributed by atoms with E-state index in [4.69, 9.17) is 5.73 Å². The predicted molar refractivity (Wildman–Crippen MR) is 78.1 cm³/mol. The molecule has 20 heavy (non-hydrogen) atoms. The van der Waals surface area contributed by atoms with Gasteiger partial charge in [0.05, 0.1) is 0 Å². The van der Waals surface area contributed by atoms with E-state index in [1.54, 1.807) is 24.0 Å². The van der Waals surface area contributed by atoms with Crippen LogP contribution in [0.2, 0.25) is 0 Å². The molecule has 1 heterocycles. The van der Waals surface area contributed by atoms with Gasteiger partial charge in [0.1, 0.15) is 5.69 Å². The lowest BCUT2D eigenvalue weighted by molar-refractivity contribution is 0.0731. The average Bonchev–Trinajstić information content (AvgIpc) is 2.90. The van der Waals surface area contributed by atoms with Crippen LogP contribution < -0.4 is 5.73 Å². The number of rotatable bonds is 6. The van der Waals surface area contributed by atoms with E-state index >= 15 is 0 Å². The van der Waals surface area contributed by atoms with Crippen molar-refractivity contribution in [3.8, 4) is 0 Å². The molecule has 5 nitrogen and oxygen atoms in total. The van der Waals surface area contributed by atoms with Crippen molar-refractivity contribution in [2.45, 2.75) is 13.0 Å². The van der Waals surface area contributed by atoms with Gasteiger partial charge in [-0.05, 0) is 24.6 Å². The van der Waals surface area contributed by atoms with Crippen LogP contribution in [0.3, 0.4) is 0 Å². The lowest BCUT2D eigenvalue weighted by Gasteiger charge is -2.22. The highest BCUT2D eigenvalue weighted by atomic mass is 16.2. The van der Waals surface area contributed by atoms with Crippen LogP contribution in [0.5, 0.6) is 0 Å². The molecule has 0 saturated carbocycles. The van der Waals surface area contributed by atoms with Crippen LogP contribution in [0.25, 0.3) is 0 Å². The quantitative estimate of drug-likeness (QED) is 0.864. The van der Waals surface area contributed by atoms with E-state index in [1.807, 2.05) is 35.2 Å². The molecule has 0 atom stereocenters. The summed E-state index contributed by atoms with van der Waals surface area (Å²) in [5.74, 6) is -0.0118. The average molecular weight is 272 g/mol. The van der Waals surface area contributed by atoms with Crippen LogP contribution in [-0.2, 0) is 13.6 Å². The summed E-state index contributed by atoms with van der Waals surface area (Å²) in [6.45, 7) is 1.81. The lowest BCUT2D eigenvalue weighted by Crippen LogP contribution is -2.33. The van der Waals surface area contributed by atoms with E-state index in [2.05, 4.69) is 5.10 Å². The van der Waals surface area contributed by atoms with E-state index in [0.29, 0.717) is 25.3 Å². The first kappa shape index (κ1) is 14.3. The van der Waals surface area contributed by atoms with Gasteiger partial charge in [-0.25, -0.2) is 0 Å². The number of nitrogens with two attached hydrogens (primary N) is 1. The Kier molecular flexibility index (Phi) is 4.90. The second-order valence-electron chi connectivity index (χ2n) is 4.69. The molecule has 0 spiro atoms. The van der Waals surface area contributed by atoms with E-state index in [0.717, 1.165) is 12.0 Å². The summed E-state index contributed by atoms with van der Waals surface area (Å²) >= 11 is 0. The summed E-state index contributed by atoms with van der Waals surface area (Å²) in [6, 6.07) is 11.7. The second-order valence-corrected chi connectivity index (χ2v) is 4.69. The zero-order valence-corrected chi connectivity index (χ0v) is 11.7. The van der Waals surface area contributed by atoms with E-state index < -0.39 is 0 Å². The normalized spacial score (nSPS) is 10.5. The summed E-state index contributed by atoms with van der Waals surface area (Å²) < 4.78 is 1.60. The van der Waals surface area contributed by atoms with Gasteiger partial charge in [0, 0.05) is 26.3 Å². The number of aryl methyl sites for hydroxylation is 1. The SMILES string of the molecule is Cn1nccc1C(=O)N(CCCN)Cc1ccccc1. The maximum absolute atomic E-state index is 12.6. The molecule has 0 aliphatic heterocycles. The van der Waals surface area contributed by atoms with Crippen LogP contribution in [0.15, 0.2) is 42.6 Å². The van der Waals surface area contributed by atoms with Crippen molar-refractivity contribution in [2.75, 3.05) is 13.1 Å².